The van der Waals surface area contributed by atoms with Gasteiger partial charge in [0.05, 0.1) is 22.0 Å². The van der Waals surface area contributed by atoms with Crippen LogP contribution in [0, 0.1) is 0 Å². The number of rotatable bonds is 6. The number of ether oxygens (including phenoxy) is 2. The van der Waals surface area contributed by atoms with Crippen LogP contribution < -0.4 is 16.0 Å². The number of para-hydroxylation sites is 1. The molecule has 3 N–H and O–H groups in total. The lowest BCUT2D eigenvalue weighted by atomic mass is 9.82. The molecule has 7 rings (SSSR count). The Morgan fingerprint density at radius 3 is 2.38 bits per heavy atom. The zero-order valence-corrected chi connectivity index (χ0v) is 28.6. The first-order valence-electron chi connectivity index (χ1n) is 17.3. The smallest absolute Gasteiger partial charge is 0.418 e. The van der Waals surface area contributed by atoms with Gasteiger partial charge in [0.1, 0.15) is 5.60 Å². The number of amides is 3. The Labute approximate surface area is 293 Å². The van der Waals surface area contributed by atoms with E-state index in [9.17, 15) is 27.6 Å². The van der Waals surface area contributed by atoms with E-state index in [2.05, 4.69) is 20.9 Å². The molecular formula is C35H42ClF3N6O5. The third kappa shape index (κ3) is 6.93. The molecule has 2 aromatic rings. The average Bonchev–Trinajstić information content (AvgIpc) is 3.44. The summed E-state index contributed by atoms with van der Waals surface area (Å²) in [6, 6.07) is 11.2. The molecule has 2 aromatic carbocycles. The molecule has 0 aromatic heterocycles. The van der Waals surface area contributed by atoms with Crippen LogP contribution in [0.1, 0.15) is 55.2 Å². The summed E-state index contributed by atoms with van der Waals surface area (Å²) in [7, 11) is 1.35. The Morgan fingerprint density at radius 1 is 1.04 bits per heavy atom. The first-order valence-corrected chi connectivity index (χ1v) is 17.7. The molecule has 270 valence electrons. The predicted molar refractivity (Wildman–Crippen MR) is 180 cm³/mol. The van der Waals surface area contributed by atoms with Crippen molar-refractivity contribution in [2.24, 2.45) is 0 Å². The fraction of sp³-hybridized carbons (Fsp3) is 0.571. The Morgan fingerprint density at radius 2 is 1.72 bits per heavy atom. The second-order valence-electron chi connectivity index (χ2n) is 14.0. The van der Waals surface area contributed by atoms with Crippen LogP contribution in [0.3, 0.4) is 0 Å². The Balaban J connectivity index is 1.07. The van der Waals surface area contributed by atoms with Gasteiger partial charge in [-0.05, 0) is 49.4 Å². The molecule has 4 fully saturated rings. The van der Waals surface area contributed by atoms with Gasteiger partial charge in [-0.3, -0.25) is 15.0 Å². The summed E-state index contributed by atoms with van der Waals surface area (Å²) in [5.41, 5.74) is -0.570. The van der Waals surface area contributed by atoms with Crippen molar-refractivity contribution in [1.82, 2.24) is 20.0 Å². The van der Waals surface area contributed by atoms with Crippen molar-refractivity contribution in [1.29, 1.82) is 0 Å². The monoisotopic (exact) mass is 718 g/mol. The molecule has 4 saturated heterocycles. The zero-order valence-electron chi connectivity index (χ0n) is 27.9. The second-order valence-corrected chi connectivity index (χ2v) is 14.4. The van der Waals surface area contributed by atoms with Gasteiger partial charge in [0.15, 0.2) is 6.10 Å². The third-order valence-corrected chi connectivity index (χ3v) is 11.3. The maximum atomic E-state index is 14.1. The molecule has 5 aliphatic rings. The Bertz CT molecular complexity index is 1620. The van der Waals surface area contributed by atoms with Crippen LogP contribution in [0.5, 0.6) is 0 Å². The van der Waals surface area contributed by atoms with Crippen LogP contribution in [-0.4, -0.2) is 103 Å². The minimum absolute atomic E-state index is 0.118. The van der Waals surface area contributed by atoms with Crippen molar-refractivity contribution in [3.05, 3.63) is 58.1 Å². The molecule has 0 radical (unpaired) electrons. The maximum Gasteiger partial charge on any atom is 0.418 e. The number of carbonyl (C=O) groups is 3. The topological polar surface area (TPSA) is 115 Å². The summed E-state index contributed by atoms with van der Waals surface area (Å²) in [6.45, 7) is 2.54. The molecule has 15 heteroatoms. The van der Waals surface area contributed by atoms with Gasteiger partial charge >= 0.3 is 18.4 Å². The standard InChI is InChI=1S/C35H42ClF3N6O5/c1-40-30-26(35(37,38)39)16-21(17-27(30)36)18-29(31(46)44-14-12-43(13-15-44)24-19-22-6-7-23(20-24)41-22)49-33(48)45-10-8-34(9-11-45)25-4-2-3-5-28(25)42-32(47)50-34/h2-5,16-17,22-24,29,40-41H,6-15,18-20H2,1H3,(H,42,47)/t22?,23?,24?,29-/m1/s1. The molecule has 2 bridgehead atoms. The number of halogens is 4. The normalized spacial score (nSPS) is 25.4. The van der Waals surface area contributed by atoms with Gasteiger partial charge in [-0.1, -0.05) is 29.8 Å². The van der Waals surface area contributed by atoms with Crippen molar-refractivity contribution >= 4 is 41.1 Å². The summed E-state index contributed by atoms with van der Waals surface area (Å²) in [4.78, 5) is 45.7. The highest BCUT2D eigenvalue weighted by Gasteiger charge is 2.46. The summed E-state index contributed by atoms with van der Waals surface area (Å²) in [5, 5.41) is 8.73. The molecule has 50 heavy (non-hydrogen) atoms. The number of anilines is 2. The minimum atomic E-state index is -4.71. The number of piperazine rings is 1. The summed E-state index contributed by atoms with van der Waals surface area (Å²) in [6.07, 6.45) is -2.56. The van der Waals surface area contributed by atoms with Crippen molar-refractivity contribution < 1.29 is 37.0 Å². The summed E-state index contributed by atoms with van der Waals surface area (Å²) >= 11 is 6.29. The highest BCUT2D eigenvalue weighted by molar-refractivity contribution is 6.33. The number of likely N-dealkylation sites (tertiary alicyclic amines) is 1. The molecule has 0 aliphatic carbocycles. The first kappa shape index (κ1) is 34.7. The van der Waals surface area contributed by atoms with Crippen molar-refractivity contribution in [2.45, 2.75) is 81.0 Å². The first-order chi connectivity index (χ1) is 23.9. The van der Waals surface area contributed by atoms with Crippen molar-refractivity contribution in [3.63, 3.8) is 0 Å². The largest absolute Gasteiger partial charge is 0.438 e. The molecular weight excluding hydrogens is 677 g/mol. The van der Waals surface area contributed by atoms with Gasteiger partial charge in [0, 0.05) is 89.3 Å². The highest BCUT2D eigenvalue weighted by Crippen LogP contribution is 2.44. The minimum Gasteiger partial charge on any atom is -0.438 e. The van der Waals surface area contributed by atoms with E-state index < -0.39 is 41.5 Å². The van der Waals surface area contributed by atoms with Crippen LogP contribution >= 0.6 is 11.6 Å². The van der Waals surface area contributed by atoms with Gasteiger partial charge in [-0.2, -0.15) is 13.2 Å². The van der Waals surface area contributed by atoms with Crippen LogP contribution in [-0.2, 0) is 32.5 Å². The van der Waals surface area contributed by atoms with Crippen molar-refractivity contribution in [2.75, 3.05) is 56.9 Å². The maximum absolute atomic E-state index is 14.1. The second kappa shape index (κ2) is 13.8. The number of hydrogen-bond acceptors (Lipinski definition) is 8. The van der Waals surface area contributed by atoms with E-state index in [-0.39, 0.29) is 35.8 Å². The number of hydrogen-bond donors (Lipinski definition) is 3. The third-order valence-electron chi connectivity index (χ3n) is 11.0. The van der Waals surface area contributed by atoms with E-state index in [1.54, 1.807) is 11.0 Å². The number of nitrogens with one attached hydrogen (secondary N) is 3. The Hall–Kier alpha value is -3.75. The molecule has 3 amide bonds. The van der Waals surface area contributed by atoms with Gasteiger partial charge in [0.2, 0.25) is 0 Å². The molecule has 1 spiro atoms. The number of piperidine rings is 2. The van der Waals surface area contributed by atoms with Crippen molar-refractivity contribution in [3.8, 4) is 0 Å². The molecule has 5 aliphatic heterocycles. The number of benzene rings is 2. The lowest BCUT2D eigenvalue weighted by molar-refractivity contribution is -0.143. The van der Waals surface area contributed by atoms with Gasteiger partial charge < -0.3 is 29.9 Å². The molecule has 5 heterocycles. The summed E-state index contributed by atoms with van der Waals surface area (Å²) < 4.78 is 53.8. The number of alkyl halides is 3. The van der Waals surface area contributed by atoms with E-state index in [0.29, 0.717) is 62.8 Å². The fourth-order valence-electron chi connectivity index (χ4n) is 8.46. The predicted octanol–water partition coefficient (Wildman–Crippen LogP) is 5.43. The molecule has 11 nitrogen and oxygen atoms in total. The lowest BCUT2D eigenvalue weighted by Gasteiger charge is -2.44. The van der Waals surface area contributed by atoms with Crippen LogP contribution in [0.4, 0.5) is 34.1 Å². The van der Waals surface area contributed by atoms with Crippen LogP contribution in [0.15, 0.2) is 36.4 Å². The SMILES string of the molecule is CNc1c(Cl)cc(C[C@@H](OC(=O)N2CCC3(CC2)OC(=O)Nc2ccccc23)C(=O)N2CCN(C3CC4CCC(C3)N4)CC2)cc1C(F)(F)F. The average molecular weight is 719 g/mol. The summed E-state index contributed by atoms with van der Waals surface area (Å²) in [5.74, 6) is -0.458. The van der Waals surface area contributed by atoms with E-state index in [1.165, 1.54) is 30.9 Å². The number of carbonyl (C=O) groups excluding carboxylic acids is 3. The molecule has 3 atom stereocenters. The van der Waals surface area contributed by atoms with E-state index in [0.717, 1.165) is 24.5 Å². The van der Waals surface area contributed by atoms with E-state index >= 15 is 0 Å². The zero-order chi connectivity index (χ0) is 35.2. The van der Waals surface area contributed by atoms with E-state index in [1.807, 2.05) is 18.2 Å². The lowest BCUT2D eigenvalue weighted by Crippen LogP contribution is -2.57. The van der Waals surface area contributed by atoms with Gasteiger partial charge in [-0.25, -0.2) is 9.59 Å². The number of nitrogens with zero attached hydrogens (tertiary/aromatic N) is 3. The number of fused-ring (bicyclic) bond motifs is 4. The Kier molecular flexibility index (Phi) is 9.54. The highest BCUT2D eigenvalue weighted by atomic mass is 35.5. The fourth-order valence-corrected chi connectivity index (χ4v) is 8.80. The molecule has 2 unspecified atom stereocenters. The van der Waals surface area contributed by atoms with Gasteiger partial charge in [-0.15, -0.1) is 0 Å². The van der Waals surface area contributed by atoms with E-state index in [4.69, 9.17) is 21.1 Å². The quantitative estimate of drug-likeness (QED) is 0.363. The van der Waals surface area contributed by atoms with Crippen LogP contribution in [0.2, 0.25) is 5.02 Å². The van der Waals surface area contributed by atoms with Crippen LogP contribution in [0.25, 0.3) is 0 Å². The molecule has 0 saturated carbocycles. The van der Waals surface area contributed by atoms with Gasteiger partial charge in [0.25, 0.3) is 5.91 Å².